The second-order valence-electron chi connectivity index (χ2n) is 4.58. The predicted molar refractivity (Wildman–Crippen MR) is 77.5 cm³/mol. The molecule has 1 aromatic carbocycles. The molecular formula is C15H20N2O3. The van der Waals surface area contributed by atoms with Gasteiger partial charge in [0.25, 0.3) is 0 Å². The van der Waals surface area contributed by atoms with Crippen LogP contribution in [0.15, 0.2) is 30.5 Å². The van der Waals surface area contributed by atoms with Gasteiger partial charge in [-0.3, -0.25) is 4.79 Å². The number of aliphatic hydroxyl groups is 1. The maximum Gasteiger partial charge on any atom is 0.224 e. The topological polar surface area (TPSA) is 74.4 Å². The summed E-state index contributed by atoms with van der Waals surface area (Å²) in [5.41, 5.74) is 2.06. The average molecular weight is 276 g/mol. The molecule has 0 aliphatic carbocycles. The van der Waals surface area contributed by atoms with Gasteiger partial charge in [-0.05, 0) is 18.1 Å². The van der Waals surface area contributed by atoms with Gasteiger partial charge in [0.05, 0.1) is 19.6 Å². The first kappa shape index (κ1) is 14.6. The number of hydrogen-bond donors (Lipinski definition) is 3. The molecule has 0 saturated carbocycles. The van der Waals surface area contributed by atoms with Crippen molar-refractivity contribution in [1.82, 2.24) is 10.3 Å². The number of para-hydroxylation sites is 1. The summed E-state index contributed by atoms with van der Waals surface area (Å²) in [4.78, 5) is 15.0. The normalized spacial score (nSPS) is 10.8. The second-order valence-corrected chi connectivity index (χ2v) is 4.58. The van der Waals surface area contributed by atoms with E-state index in [4.69, 9.17) is 9.84 Å². The van der Waals surface area contributed by atoms with E-state index in [1.807, 2.05) is 30.5 Å². The van der Waals surface area contributed by atoms with Crippen molar-refractivity contribution >= 4 is 16.8 Å². The molecule has 1 aromatic heterocycles. The Hall–Kier alpha value is -1.85. The van der Waals surface area contributed by atoms with Gasteiger partial charge in [0.15, 0.2) is 0 Å². The smallest absolute Gasteiger partial charge is 0.224 e. The molecule has 108 valence electrons. The maximum atomic E-state index is 11.8. The van der Waals surface area contributed by atoms with Crippen molar-refractivity contribution in [2.24, 2.45) is 0 Å². The number of ether oxygens (including phenoxy) is 1. The Kier molecular flexibility index (Phi) is 5.58. The summed E-state index contributed by atoms with van der Waals surface area (Å²) in [6.45, 7) is 1.52. The molecule has 1 heterocycles. The minimum atomic E-state index is 0.0110. The molecule has 0 bridgehead atoms. The molecule has 0 unspecified atom stereocenters. The highest BCUT2D eigenvalue weighted by Crippen LogP contribution is 2.17. The van der Waals surface area contributed by atoms with Gasteiger partial charge in [0.1, 0.15) is 0 Å². The lowest BCUT2D eigenvalue weighted by atomic mass is 10.1. The summed E-state index contributed by atoms with van der Waals surface area (Å²) < 4.78 is 5.12. The molecule has 0 fully saturated rings. The number of aromatic nitrogens is 1. The number of aliphatic hydroxyl groups excluding tert-OH is 1. The summed E-state index contributed by atoms with van der Waals surface area (Å²) in [7, 11) is 0. The monoisotopic (exact) mass is 276 g/mol. The van der Waals surface area contributed by atoms with Gasteiger partial charge in [0, 0.05) is 30.3 Å². The largest absolute Gasteiger partial charge is 0.394 e. The van der Waals surface area contributed by atoms with E-state index in [9.17, 15) is 4.79 Å². The van der Waals surface area contributed by atoms with E-state index >= 15 is 0 Å². The summed E-state index contributed by atoms with van der Waals surface area (Å²) in [5, 5.41) is 12.5. The first-order chi connectivity index (χ1) is 9.81. The zero-order valence-corrected chi connectivity index (χ0v) is 11.4. The average Bonchev–Trinajstić information content (AvgIpc) is 2.86. The second kappa shape index (κ2) is 7.67. The molecule has 5 heteroatoms. The third-order valence-corrected chi connectivity index (χ3v) is 3.05. The first-order valence-electron chi connectivity index (χ1n) is 6.81. The minimum Gasteiger partial charge on any atom is -0.394 e. The third kappa shape index (κ3) is 4.08. The number of aromatic amines is 1. The van der Waals surface area contributed by atoms with Gasteiger partial charge in [-0.2, -0.15) is 0 Å². The highest BCUT2D eigenvalue weighted by atomic mass is 16.5. The molecule has 3 N–H and O–H groups in total. The molecule has 2 aromatic rings. The summed E-state index contributed by atoms with van der Waals surface area (Å²) in [5.74, 6) is 0.0110. The van der Waals surface area contributed by atoms with Crippen LogP contribution >= 0.6 is 0 Å². The van der Waals surface area contributed by atoms with Crippen LogP contribution in [0.1, 0.15) is 12.0 Å². The van der Waals surface area contributed by atoms with E-state index in [-0.39, 0.29) is 12.5 Å². The maximum absolute atomic E-state index is 11.8. The first-order valence-corrected chi connectivity index (χ1v) is 6.81. The molecule has 0 aliphatic heterocycles. The van der Waals surface area contributed by atoms with E-state index in [1.54, 1.807) is 0 Å². The van der Waals surface area contributed by atoms with Crippen molar-refractivity contribution in [2.45, 2.75) is 12.8 Å². The summed E-state index contributed by atoms with van der Waals surface area (Å²) in [6.07, 6.45) is 3.01. The Morgan fingerprint density at radius 3 is 3.00 bits per heavy atom. The lowest BCUT2D eigenvalue weighted by Crippen LogP contribution is -2.26. The number of benzene rings is 1. The number of hydrogen-bond acceptors (Lipinski definition) is 3. The number of fused-ring (bicyclic) bond motifs is 1. The van der Waals surface area contributed by atoms with Gasteiger partial charge in [0.2, 0.25) is 5.91 Å². The fraction of sp³-hybridized carbons (Fsp3) is 0.400. The van der Waals surface area contributed by atoms with Crippen molar-refractivity contribution in [3.8, 4) is 0 Å². The molecule has 20 heavy (non-hydrogen) atoms. The van der Waals surface area contributed by atoms with E-state index in [0.717, 1.165) is 22.9 Å². The van der Waals surface area contributed by atoms with Crippen LogP contribution in [-0.4, -0.2) is 42.4 Å². The van der Waals surface area contributed by atoms with Crippen molar-refractivity contribution in [3.05, 3.63) is 36.0 Å². The lowest BCUT2D eigenvalue weighted by Gasteiger charge is -2.05. The number of rotatable bonds is 8. The van der Waals surface area contributed by atoms with E-state index < -0.39 is 0 Å². The molecule has 0 aliphatic rings. The summed E-state index contributed by atoms with van der Waals surface area (Å²) in [6, 6.07) is 7.94. The van der Waals surface area contributed by atoms with Crippen LogP contribution in [0, 0.1) is 0 Å². The highest BCUT2D eigenvalue weighted by molar-refractivity contribution is 5.88. The van der Waals surface area contributed by atoms with E-state index in [2.05, 4.69) is 10.3 Å². The van der Waals surface area contributed by atoms with E-state index in [0.29, 0.717) is 26.2 Å². The van der Waals surface area contributed by atoms with Crippen LogP contribution in [0.3, 0.4) is 0 Å². The molecular weight excluding hydrogens is 256 g/mol. The Morgan fingerprint density at radius 2 is 2.15 bits per heavy atom. The zero-order valence-electron chi connectivity index (χ0n) is 11.4. The Labute approximate surface area is 117 Å². The van der Waals surface area contributed by atoms with Gasteiger partial charge in [-0.1, -0.05) is 18.2 Å². The lowest BCUT2D eigenvalue weighted by molar-refractivity contribution is -0.120. The summed E-state index contributed by atoms with van der Waals surface area (Å²) >= 11 is 0. The van der Waals surface area contributed by atoms with Gasteiger partial charge < -0.3 is 20.1 Å². The van der Waals surface area contributed by atoms with Gasteiger partial charge >= 0.3 is 0 Å². The number of H-pyrrole nitrogens is 1. The Balaban J connectivity index is 1.74. The molecule has 5 nitrogen and oxygen atoms in total. The number of carbonyl (C=O) groups excluding carboxylic acids is 1. The number of amides is 1. The molecule has 2 rings (SSSR count). The molecule has 0 radical (unpaired) electrons. The zero-order chi connectivity index (χ0) is 14.2. The highest BCUT2D eigenvalue weighted by Gasteiger charge is 2.07. The van der Waals surface area contributed by atoms with Crippen molar-refractivity contribution in [1.29, 1.82) is 0 Å². The molecule has 0 saturated heterocycles. The fourth-order valence-corrected chi connectivity index (χ4v) is 2.08. The Bertz CT molecular complexity index is 551. The van der Waals surface area contributed by atoms with Crippen LogP contribution in [-0.2, 0) is 16.0 Å². The standard InChI is InChI=1S/C15H20N2O3/c18-7-9-20-8-3-6-16-15(19)10-12-11-17-14-5-2-1-4-13(12)14/h1-2,4-5,11,17-18H,3,6-10H2,(H,16,19). The SMILES string of the molecule is O=C(Cc1c[nH]c2ccccc12)NCCCOCCO. The molecule has 0 atom stereocenters. The molecule has 1 amide bonds. The number of nitrogens with one attached hydrogen (secondary N) is 2. The van der Waals surface area contributed by atoms with Gasteiger partial charge in [-0.25, -0.2) is 0 Å². The van der Waals surface area contributed by atoms with Crippen LogP contribution in [0.4, 0.5) is 0 Å². The van der Waals surface area contributed by atoms with Crippen LogP contribution in [0.2, 0.25) is 0 Å². The van der Waals surface area contributed by atoms with Crippen LogP contribution in [0.25, 0.3) is 10.9 Å². The Morgan fingerprint density at radius 1 is 1.30 bits per heavy atom. The number of carbonyl (C=O) groups is 1. The quantitative estimate of drug-likeness (QED) is 0.635. The third-order valence-electron chi connectivity index (χ3n) is 3.05. The van der Waals surface area contributed by atoms with Crippen molar-refractivity contribution in [2.75, 3.05) is 26.4 Å². The van der Waals surface area contributed by atoms with Gasteiger partial charge in [-0.15, -0.1) is 0 Å². The minimum absolute atomic E-state index is 0.0110. The van der Waals surface area contributed by atoms with Crippen LogP contribution < -0.4 is 5.32 Å². The van der Waals surface area contributed by atoms with Crippen molar-refractivity contribution in [3.63, 3.8) is 0 Å². The van der Waals surface area contributed by atoms with Crippen LogP contribution in [0.5, 0.6) is 0 Å². The molecule has 0 spiro atoms. The van der Waals surface area contributed by atoms with Crippen molar-refractivity contribution < 1.29 is 14.6 Å². The van der Waals surface area contributed by atoms with E-state index in [1.165, 1.54) is 0 Å². The predicted octanol–water partition coefficient (Wildman–Crippen LogP) is 1.23. The fourth-order valence-electron chi connectivity index (χ4n) is 2.08.